The van der Waals surface area contributed by atoms with Crippen LogP contribution in [0.1, 0.15) is 37.8 Å². The number of amides is 1. The number of hydrogen-bond donors (Lipinski definition) is 1. The highest BCUT2D eigenvalue weighted by molar-refractivity contribution is 5.96. The van der Waals surface area contributed by atoms with Crippen LogP contribution in [-0.4, -0.2) is 41.0 Å². The minimum absolute atomic E-state index is 0.0557. The van der Waals surface area contributed by atoms with E-state index in [0.29, 0.717) is 0 Å². The molecule has 1 amide bonds. The van der Waals surface area contributed by atoms with Crippen LogP contribution in [0.15, 0.2) is 12.1 Å². The predicted molar refractivity (Wildman–Crippen MR) is 82.8 cm³/mol. The molecular formula is C17H18F3NO5. The molecule has 1 aliphatic heterocycles. The smallest absolute Gasteiger partial charge is 0.407 e. The Morgan fingerprint density at radius 1 is 1.23 bits per heavy atom. The van der Waals surface area contributed by atoms with Crippen LogP contribution in [0.4, 0.5) is 18.0 Å². The fraction of sp³-hybridized carbons (Fsp3) is 0.471. The van der Waals surface area contributed by atoms with E-state index >= 15 is 0 Å². The van der Waals surface area contributed by atoms with Gasteiger partial charge in [0.15, 0.2) is 17.5 Å². The first-order valence-electron chi connectivity index (χ1n) is 8.06. The van der Waals surface area contributed by atoms with Crippen molar-refractivity contribution in [3.05, 3.63) is 35.1 Å². The molecule has 0 spiro atoms. The lowest BCUT2D eigenvalue weighted by Gasteiger charge is -2.37. The van der Waals surface area contributed by atoms with Crippen molar-refractivity contribution in [1.82, 2.24) is 4.90 Å². The summed E-state index contributed by atoms with van der Waals surface area (Å²) in [5, 5.41) is 9.31. The second-order valence-corrected chi connectivity index (χ2v) is 5.96. The number of hydrogen-bond acceptors (Lipinski definition) is 4. The average Bonchev–Trinajstić information content (AvgIpc) is 2.58. The van der Waals surface area contributed by atoms with E-state index in [4.69, 9.17) is 4.74 Å². The van der Waals surface area contributed by atoms with Crippen LogP contribution in [0, 0.1) is 23.4 Å². The van der Waals surface area contributed by atoms with Gasteiger partial charge in [0.1, 0.15) is 12.2 Å². The molecule has 0 bridgehead atoms. The molecule has 2 atom stereocenters. The lowest BCUT2D eigenvalue weighted by atomic mass is 9.84. The van der Waals surface area contributed by atoms with Crippen molar-refractivity contribution in [1.29, 1.82) is 0 Å². The molecule has 0 aliphatic carbocycles. The van der Waals surface area contributed by atoms with E-state index in [1.165, 1.54) is 0 Å². The van der Waals surface area contributed by atoms with Gasteiger partial charge in [0, 0.05) is 12.5 Å². The van der Waals surface area contributed by atoms with E-state index < -0.39 is 53.7 Å². The van der Waals surface area contributed by atoms with Crippen LogP contribution >= 0.6 is 0 Å². The number of benzene rings is 1. The molecule has 1 saturated heterocycles. The fourth-order valence-corrected chi connectivity index (χ4v) is 3.07. The first-order chi connectivity index (χ1) is 12.2. The molecule has 0 saturated carbocycles. The summed E-state index contributed by atoms with van der Waals surface area (Å²) in [6.45, 7) is 1.67. The molecule has 1 heterocycles. The number of piperidine rings is 1. The Labute approximate surface area is 147 Å². The minimum Gasteiger partial charge on any atom is -0.466 e. The van der Waals surface area contributed by atoms with Crippen molar-refractivity contribution in [3.63, 3.8) is 0 Å². The highest BCUT2D eigenvalue weighted by atomic mass is 19.2. The van der Waals surface area contributed by atoms with Crippen LogP contribution < -0.4 is 0 Å². The van der Waals surface area contributed by atoms with Gasteiger partial charge in [-0.1, -0.05) is 0 Å². The highest BCUT2D eigenvalue weighted by Crippen LogP contribution is 2.36. The number of ether oxygens (including phenoxy) is 1. The number of carboxylic acid groups (broad SMARTS) is 1. The monoisotopic (exact) mass is 373 g/mol. The van der Waals surface area contributed by atoms with E-state index in [1.807, 2.05) is 0 Å². The van der Waals surface area contributed by atoms with E-state index in [1.54, 1.807) is 6.92 Å². The number of Topliss-reactive ketones (excluding diaryl/α,β-unsaturated/α-hetero) is 1. The Morgan fingerprint density at radius 3 is 2.38 bits per heavy atom. The number of carbonyl (C=O) groups excluding carboxylic acids is 2. The Balaban J connectivity index is 2.24. The number of halogens is 3. The zero-order valence-electron chi connectivity index (χ0n) is 14.0. The first kappa shape index (κ1) is 19.7. The molecule has 142 valence electrons. The Hall–Kier alpha value is -2.58. The second kappa shape index (κ2) is 8.20. The summed E-state index contributed by atoms with van der Waals surface area (Å²) in [4.78, 5) is 36.1. The summed E-state index contributed by atoms with van der Waals surface area (Å²) in [6.07, 6.45) is -1.66. The minimum atomic E-state index is -1.65. The van der Waals surface area contributed by atoms with Gasteiger partial charge < -0.3 is 14.7 Å². The third kappa shape index (κ3) is 4.33. The van der Waals surface area contributed by atoms with E-state index in [2.05, 4.69) is 0 Å². The molecule has 1 N–H and O–H groups in total. The van der Waals surface area contributed by atoms with E-state index in [-0.39, 0.29) is 31.6 Å². The number of likely N-dealkylation sites (tertiary alicyclic amines) is 1. The maximum atomic E-state index is 13.5. The molecule has 6 nitrogen and oxygen atoms in total. The Morgan fingerprint density at radius 2 is 1.85 bits per heavy atom. The summed E-state index contributed by atoms with van der Waals surface area (Å²) >= 11 is 0. The van der Waals surface area contributed by atoms with Crippen LogP contribution in [0.2, 0.25) is 0 Å². The summed E-state index contributed by atoms with van der Waals surface area (Å²) in [7, 11) is 0. The summed E-state index contributed by atoms with van der Waals surface area (Å²) in [5.74, 6) is -6.32. The third-order valence-corrected chi connectivity index (χ3v) is 4.32. The van der Waals surface area contributed by atoms with Crippen molar-refractivity contribution in [2.45, 2.75) is 32.2 Å². The fourth-order valence-electron chi connectivity index (χ4n) is 3.07. The second-order valence-electron chi connectivity index (χ2n) is 5.96. The van der Waals surface area contributed by atoms with Gasteiger partial charge in [-0.15, -0.1) is 0 Å². The molecule has 0 aromatic heterocycles. The molecule has 9 heteroatoms. The van der Waals surface area contributed by atoms with Gasteiger partial charge in [-0.05, 0) is 37.5 Å². The number of carbonyl (C=O) groups is 3. The highest BCUT2D eigenvalue weighted by Gasteiger charge is 2.36. The van der Waals surface area contributed by atoms with Gasteiger partial charge in [0.05, 0.1) is 12.6 Å². The maximum absolute atomic E-state index is 13.5. The lowest BCUT2D eigenvalue weighted by Crippen LogP contribution is -2.42. The summed E-state index contributed by atoms with van der Waals surface area (Å²) in [5.41, 5.74) is -0.0857. The molecule has 26 heavy (non-hydrogen) atoms. The van der Waals surface area contributed by atoms with Crippen molar-refractivity contribution >= 4 is 17.8 Å². The van der Waals surface area contributed by atoms with Gasteiger partial charge in [-0.3, -0.25) is 9.59 Å². The number of rotatable bonds is 5. The average molecular weight is 373 g/mol. The lowest BCUT2D eigenvalue weighted by molar-refractivity contribution is -0.146. The molecule has 1 aromatic carbocycles. The molecule has 2 unspecified atom stereocenters. The molecule has 0 radical (unpaired) electrons. The number of esters is 1. The van der Waals surface area contributed by atoms with E-state index in [0.717, 1.165) is 17.0 Å². The normalized spacial score (nSPS) is 19.9. The van der Waals surface area contributed by atoms with Crippen molar-refractivity contribution < 1.29 is 37.4 Å². The zero-order chi connectivity index (χ0) is 19.4. The van der Waals surface area contributed by atoms with Crippen molar-refractivity contribution in [2.75, 3.05) is 13.2 Å². The molecular weight excluding hydrogens is 355 g/mol. The molecule has 1 aromatic rings. The zero-order valence-corrected chi connectivity index (χ0v) is 14.0. The number of ketones is 1. The van der Waals surface area contributed by atoms with Crippen molar-refractivity contribution in [3.8, 4) is 0 Å². The van der Waals surface area contributed by atoms with E-state index in [9.17, 15) is 32.7 Å². The Kier molecular flexibility index (Phi) is 6.23. The van der Waals surface area contributed by atoms with Gasteiger partial charge >= 0.3 is 12.1 Å². The molecule has 2 rings (SSSR count). The van der Waals surface area contributed by atoms with Gasteiger partial charge in [0.25, 0.3) is 0 Å². The predicted octanol–water partition coefficient (Wildman–Crippen LogP) is 3.06. The number of nitrogens with zero attached hydrogens (tertiary/aromatic N) is 1. The maximum Gasteiger partial charge on any atom is 0.407 e. The topological polar surface area (TPSA) is 83.9 Å². The SMILES string of the molecule is CCOC(=O)CC(=O)C1CCN(C(=O)O)C(c2cc(F)c(F)c(F)c2)C1. The first-order valence-corrected chi connectivity index (χ1v) is 8.06. The Bertz CT molecular complexity index is 701. The van der Waals surface area contributed by atoms with Gasteiger partial charge in [0.2, 0.25) is 0 Å². The van der Waals surface area contributed by atoms with Crippen LogP contribution in [-0.2, 0) is 14.3 Å². The van der Waals surface area contributed by atoms with Crippen LogP contribution in [0.25, 0.3) is 0 Å². The largest absolute Gasteiger partial charge is 0.466 e. The van der Waals surface area contributed by atoms with Crippen LogP contribution in [0.5, 0.6) is 0 Å². The summed E-state index contributed by atoms with van der Waals surface area (Å²) in [6, 6.07) is 0.413. The summed E-state index contributed by atoms with van der Waals surface area (Å²) < 4.78 is 44.9. The molecule has 1 aliphatic rings. The van der Waals surface area contributed by atoms with Crippen LogP contribution in [0.3, 0.4) is 0 Å². The third-order valence-electron chi connectivity index (χ3n) is 4.32. The quantitative estimate of drug-likeness (QED) is 0.487. The standard InChI is InChI=1S/C17H18F3NO5/c1-2-26-15(23)8-14(22)9-3-4-21(17(24)25)13(7-9)10-5-11(18)16(20)12(19)6-10/h5-6,9,13H,2-4,7-8H2,1H3,(H,24,25). The molecule has 1 fully saturated rings. The van der Waals surface area contributed by atoms with Gasteiger partial charge in [-0.25, -0.2) is 18.0 Å². The van der Waals surface area contributed by atoms with Crippen molar-refractivity contribution in [2.24, 2.45) is 5.92 Å². The van der Waals surface area contributed by atoms with Gasteiger partial charge in [-0.2, -0.15) is 0 Å².